The first-order valence-corrected chi connectivity index (χ1v) is 11.0. The van der Waals surface area contributed by atoms with Crippen LogP contribution in [0.1, 0.15) is 31.5 Å². The van der Waals surface area contributed by atoms with E-state index in [2.05, 4.69) is 46.1 Å². The lowest BCUT2D eigenvalue weighted by atomic mass is 9.86. The molecule has 160 valence electrons. The second-order valence-corrected chi connectivity index (χ2v) is 7.89. The highest BCUT2D eigenvalue weighted by atomic mass is 16.5. The third kappa shape index (κ3) is 4.56. The Morgan fingerprint density at radius 1 is 1.20 bits per heavy atom. The lowest BCUT2D eigenvalue weighted by Crippen LogP contribution is -2.36. The minimum absolute atomic E-state index is 0.0423. The van der Waals surface area contributed by atoms with Crippen molar-refractivity contribution in [2.75, 3.05) is 54.5 Å². The van der Waals surface area contributed by atoms with E-state index in [4.69, 9.17) is 9.72 Å². The number of hydrogen-bond acceptors (Lipinski definition) is 6. The number of morpholine rings is 1. The van der Waals surface area contributed by atoms with Gasteiger partial charge in [0.15, 0.2) is 0 Å². The summed E-state index contributed by atoms with van der Waals surface area (Å²) in [5.74, 6) is 0.828. The average Bonchev–Trinajstić information content (AvgIpc) is 2.80. The van der Waals surface area contributed by atoms with Gasteiger partial charge in [-0.25, -0.2) is 9.97 Å². The molecule has 0 saturated carbocycles. The summed E-state index contributed by atoms with van der Waals surface area (Å²) in [6.45, 7) is 9.36. The Kier molecular flexibility index (Phi) is 6.47. The molecule has 1 N–H and O–H groups in total. The Hall–Kier alpha value is -2.67. The third-order valence-electron chi connectivity index (χ3n) is 6.07. The summed E-state index contributed by atoms with van der Waals surface area (Å²) in [5.41, 5.74) is 4.20. The molecule has 2 aliphatic rings. The van der Waals surface area contributed by atoms with E-state index in [9.17, 15) is 4.79 Å². The van der Waals surface area contributed by atoms with Crippen LogP contribution in [0.15, 0.2) is 30.5 Å². The minimum atomic E-state index is -0.0423. The quantitative estimate of drug-likeness (QED) is 0.791. The topological polar surface area (TPSA) is 70.6 Å². The molecule has 0 spiro atoms. The zero-order valence-corrected chi connectivity index (χ0v) is 17.9. The number of anilines is 3. The molecule has 1 aliphatic heterocycles. The zero-order chi connectivity index (χ0) is 20.9. The second kappa shape index (κ2) is 9.43. The van der Waals surface area contributed by atoms with E-state index in [1.165, 1.54) is 5.69 Å². The van der Waals surface area contributed by atoms with Crippen LogP contribution in [0.3, 0.4) is 0 Å². The molecular weight excluding hydrogens is 378 g/mol. The highest BCUT2D eigenvalue weighted by Gasteiger charge is 2.26. The minimum Gasteiger partial charge on any atom is -0.378 e. The molecule has 1 aromatic carbocycles. The monoisotopic (exact) mass is 409 g/mol. The fourth-order valence-electron chi connectivity index (χ4n) is 4.20. The number of carbonyl (C=O) groups excluding carboxylic acids is 1. The van der Waals surface area contributed by atoms with Crippen molar-refractivity contribution in [1.82, 2.24) is 9.97 Å². The number of benzene rings is 1. The van der Waals surface area contributed by atoms with Gasteiger partial charge in [0, 0.05) is 55.4 Å². The average molecular weight is 410 g/mol. The van der Waals surface area contributed by atoms with Crippen LogP contribution in [-0.4, -0.2) is 55.3 Å². The van der Waals surface area contributed by atoms with Crippen LogP contribution in [0.25, 0.3) is 0 Å². The third-order valence-corrected chi connectivity index (χ3v) is 6.07. The molecule has 1 fully saturated rings. The van der Waals surface area contributed by atoms with Crippen molar-refractivity contribution in [2.45, 2.75) is 33.1 Å². The summed E-state index contributed by atoms with van der Waals surface area (Å²) >= 11 is 0. The molecule has 1 saturated heterocycles. The van der Waals surface area contributed by atoms with Gasteiger partial charge in [-0.3, -0.25) is 4.79 Å². The van der Waals surface area contributed by atoms with Crippen LogP contribution in [0.5, 0.6) is 0 Å². The smallest absolute Gasteiger partial charge is 0.227 e. The maximum absolute atomic E-state index is 12.8. The maximum Gasteiger partial charge on any atom is 0.227 e. The summed E-state index contributed by atoms with van der Waals surface area (Å²) in [4.78, 5) is 26.6. The van der Waals surface area contributed by atoms with Gasteiger partial charge in [-0.15, -0.1) is 0 Å². The summed E-state index contributed by atoms with van der Waals surface area (Å²) in [6.07, 6.45) is 4.25. The van der Waals surface area contributed by atoms with Gasteiger partial charge < -0.3 is 19.9 Å². The van der Waals surface area contributed by atoms with Crippen LogP contribution < -0.4 is 15.1 Å². The predicted molar refractivity (Wildman–Crippen MR) is 119 cm³/mol. The molecule has 0 unspecified atom stereocenters. The Morgan fingerprint density at radius 2 is 1.93 bits per heavy atom. The summed E-state index contributed by atoms with van der Waals surface area (Å²) in [5, 5.41) is 3.09. The lowest BCUT2D eigenvalue weighted by Gasteiger charge is -2.29. The number of nitrogens with zero attached hydrogens (tertiary/aromatic N) is 4. The molecule has 0 radical (unpaired) electrons. The number of nitrogens with one attached hydrogen (secondary N) is 1. The highest BCUT2D eigenvalue weighted by Crippen LogP contribution is 2.27. The fraction of sp³-hybridized carbons (Fsp3) is 0.522. The SMILES string of the molecule is CCN(CC)c1ncc2c(n1)CC[C@H](C(=O)Nc1ccc(N3CCOCC3)cc1)C2. The molecule has 30 heavy (non-hydrogen) atoms. The van der Waals surface area contributed by atoms with Crippen LogP contribution in [0.4, 0.5) is 17.3 Å². The van der Waals surface area contributed by atoms with Crippen LogP contribution in [0.2, 0.25) is 0 Å². The van der Waals surface area contributed by atoms with Gasteiger partial charge in [0.1, 0.15) is 0 Å². The molecule has 7 nitrogen and oxygen atoms in total. The van der Waals surface area contributed by atoms with Gasteiger partial charge in [0.05, 0.1) is 13.2 Å². The second-order valence-electron chi connectivity index (χ2n) is 7.89. The predicted octanol–water partition coefficient (Wildman–Crippen LogP) is 2.90. The van der Waals surface area contributed by atoms with Crippen molar-refractivity contribution >= 4 is 23.2 Å². The number of aromatic nitrogens is 2. The van der Waals surface area contributed by atoms with E-state index in [1.807, 2.05) is 18.3 Å². The van der Waals surface area contributed by atoms with Crippen molar-refractivity contribution in [3.05, 3.63) is 41.7 Å². The molecular formula is C23H31N5O2. The molecule has 0 bridgehead atoms. The van der Waals surface area contributed by atoms with E-state index < -0.39 is 0 Å². The normalized spacial score (nSPS) is 18.6. The number of ether oxygens (including phenoxy) is 1. The van der Waals surface area contributed by atoms with Crippen LogP contribution in [0, 0.1) is 5.92 Å². The van der Waals surface area contributed by atoms with Gasteiger partial charge >= 0.3 is 0 Å². The van der Waals surface area contributed by atoms with Crippen LogP contribution >= 0.6 is 0 Å². The number of fused-ring (bicyclic) bond motifs is 1. The largest absolute Gasteiger partial charge is 0.378 e. The van der Waals surface area contributed by atoms with Gasteiger partial charge in [-0.2, -0.15) is 0 Å². The van der Waals surface area contributed by atoms with Crippen molar-refractivity contribution < 1.29 is 9.53 Å². The molecule has 4 rings (SSSR count). The zero-order valence-electron chi connectivity index (χ0n) is 17.9. The lowest BCUT2D eigenvalue weighted by molar-refractivity contribution is -0.120. The van der Waals surface area contributed by atoms with Crippen molar-refractivity contribution in [1.29, 1.82) is 0 Å². The first-order valence-electron chi connectivity index (χ1n) is 11.0. The summed E-state index contributed by atoms with van der Waals surface area (Å²) < 4.78 is 5.41. The van der Waals surface area contributed by atoms with E-state index in [1.54, 1.807) is 0 Å². The molecule has 1 aromatic heterocycles. The van der Waals surface area contributed by atoms with Gasteiger partial charge in [0.2, 0.25) is 11.9 Å². The number of hydrogen-bond donors (Lipinski definition) is 1. The molecule has 7 heteroatoms. The number of rotatable bonds is 6. The van der Waals surface area contributed by atoms with Crippen molar-refractivity contribution in [3.63, 3.8) is 0 Å². The van der Waals surface area contributed by atoms with Crippen molar-refractivity contribution in [2.24, 2.45) is 5.92 Å². The van der Waals surface area contributed by atoms with Crippen molar-refractivity contribution in [3.8, 4) is 0 Å². The van der Waals surface area contributed by atoms with Gasteiger partial charge in [0.25, 0.3) is 0 Å². The first-order chi connectivity index (χ1) is 14.7. The Labute approximate surface area is 178 Å². The Bertz CT molecular complexity index is 860. The number of aryl methyl sites for hydroxylation is 1. The fourth-order valence-corrected chi connectivity index (χ4v) is 4.20. The van der Waals surface area contributed by atoms with E-state index in [0.29, 0.717) is 6.42 Å². The van der Waals surface area contributed by atoms with Gasteiger partial charge in [-0.05, 0) is 62.9 Å². The Balaban J connectivity index is 1.37. The number of amides is 1. The van der Waals surface area contributed by atoms with E-state index in [0.717, 1.165) is 75.1 Å². The van der Waals surface area contributed by atoms with E-state index in [-0.39, 0.29) is 11.8 Å². The van der Waals surface area contributed by atoms with Gasteiger partial charge in [-0.1, -0.05) is 0 Å². The Morgan fingerprint density at radius 3 is 2.63 bits per heavy atom. The first kappa shape index (κ1) is 20.6. The molecule has 1 amide bonds. The maximum atomic E-state index is 12.8. The summed E-state index contributed by atoms with van der Waals surface area (Å²) in [7, 11) is 0. The summed E-state index contributed by atoms with van der Waals surface area (Å²) in [6, 6.07) is 8.11. The molecule has 1 aliphatic carbocycles. The number of carbonyl (C=O) groups is 1. The highest BCUT2D eigenvalue weighted by molar-refractivity contribution is 5.93. The molecule has 1 atom stereocenters. The molecule has 2 aromatic rings. The van der Waals surface area contributed by atoms with E-state index >= 15 is 0 Å². The standard InChI is InChI=1S/C23H31N5O2/c1-3-27(4-2)23-24-16-18-15-17(5-10-21(18)26-23)22(29)25-19-6-8-20(9-7-19)28-11-13-30-14-12-28/h6-9,16-17H,3-5,10-15H2,1-2H3,(H,25,29)/t17-/m0/s1. The van der Waals surface area contributed by atoms with Crippen LogP contribution in [-0.2, 0) is 22.4 Å². The molecule has 2 heterocycles.